The molecule has 2 aromatic heterocycles. The van der Waals surface area contributed by atoms with Crippen LogP contribution in [0.25, 0.3) is 5.69 Å². The Labute approximate surface area is 200 Å². The highest BCUT2D eigenvalue weighted by Gasteiger charge is 2.25. The number of hydrogen-bond acceptors (Lipinski definition) is 6. The van der Waals surface area contributed by atoms with E-state index in [9.17, 15) is 4.79 Å². The van der Waals surface area contributed by atoms with Gasteiger partial charge in [0, 0.05) is 16.9 Å². The number of carbonyl (C=O) groups is 1. The molecule has 0 aliphatic rings. The highest BCUT2D eigenvalue weighted by molar-refractivity contribution is 8.00. The molecule has 1 aromatic carbocycles. The molecule has 2 heterocycles. The highest BCUT2D eigenvalue weighted by Crippen LogP contribution is 2.30. The van der Waals surface area contributed by atoms with Gasteiger partial charge in [-0.2, -0.15) is 0 Å². The number of benzene rings is 1. The second-order valence-corrected chi connectivity index (χ2v) is 9.61. The van der Waals surface area contributed by atoms with E-state index >= 15 is 0 Å². The summed E-state index contributed by atoms with van der Waals surface area (Å²) in [7, 11) is 3.94. The summed E-state index contributed by atoms with van der Waals surface area (Å²) in [6.07, 6.45) is 1.42. The maximum absolute atomic E-state index is 12.7. The number of carbonyl (C=O) groups excluding carboxylic acids is 1. The van der Waals surface area contributed by atoms with Crippen LogP contribution in [0.15, 0.2) is 41.7 Å². The second kappa shape index (κ2) is 10.2. The SMILES string of the molecule is CC(Sc1nnc(C(C)N(C)C)n1-c1ccc(Cl)cc1)C(=O)Nc1ncc(Cl)cc1Cl. The van der Waals surface area contributed by atoms with E-state index in [2.05, 4.69) is 20.5 Å². The normalized spacial score (nSPS) is 13.3. The summed E-state index contributed by atoms with van der Waals surface area (Å²) in [5.74, 6) is 0.740. The Kier molecular flexibility index (Phi) is 7.82. The third-order valence-corrected chi connectivity index (χ3v) is 6.38. The molecule has 0 bridgehead atoms. The lowest BCUT2D eigenvalue weighted by Gasteiger charge is -2.21. The van der Waals surface area contributed by atoms with Gasteiger partial charge in [-0.3, -0.25) is 14.3 Å². The number of amides is 1. The predicted octanol–water partition coefficient (Wildman–Crippen LogP) is 5.36. The van der Waals surface area contributed by atoms with Crippen LogP contribution in [0.3, 0.4) is 0 Å². The van der Waals surface area contributed by atoms with Gasteiger partial charge in [0.05, 0.1) is 21.3 Å². The Bertz CT molecular complexity index is 1070. The van der Waals surface area contributed by atoms with Gasteiger partial charge in [-0.15, -0.1) is 10.2 Å². The van der Waals surface area contributed by atoms with Crippen molar-refractivity contribution >= 4 is 58.3 Å². The van der Waals surface area contributed by atoms with Crippen molar-refractivity contribution in [2.75, 3.05) is 19.4 Å². The van der Waals surface area contributed by atoms with Crippen LogP contribution in [0.5, 0.6) is 0 Å². The topological polar surface area (TPSA) is 75.9 Å². The van der Waals surface area contributed by atoms with Gasteiger partial charge < -0.3 is 5.32 Å². The van der Waals surface area contributed by atoms with E-state index in [0.29, 0.717) is 15.2 Å². The number of thioether (sulfide) groups is 1. The summed E-state index contributed by atoms with van der Waals surface area (Å²) >= 11 is 19.3. The summed E-state index contributed by atoms with van der Waals surface area (Å²) in [5, 5.41) is 12.9. The number of anilines is 1. The lowest BCUT2D eigenvalue weighted by Crippen LogP contribution is -2.24. The van der Waals surface area contributed by atoms with E-state index in [-0.39, 0.29) is 22.8 Å². The fourth-order valence-electron chi connectivity index (χ4n) is 2.63. The maximum atomic E-state index is 12.7. The van der Waals surface area contributed by atoms with Gasteiger partial charge in [0.25, 0.3) is 0 Å². The first-order valence-corrected chi connectivity index (χ1v) is 11.3. The summed E-state index contributed by atoms with van der Waals surface area (Å²) in [5.41, 5.74) is 0.857. The van der Waals surface area contributed by atoms with Crippen molar-refractivity contribution in [3.05, 3.63) is 57.4 Å². The molecule has 0 radical (unpaired) electrons. The molecule has 0 saturated heterocycles. The van der Waals surface area contributed by atoms with Crippen LogP contribution in [0, 0.1) is 0 Å². The zero-order chi connectivity index (χ0) is 22.7. The maximum Gasteiger partial charge on any atom is 0.238 e. The minimum Gasteiger partial charge on any atom is -0.308 e. The summed E-state index contributed by atoms with van der Waals surface area (Å²) < 4.78 is 1.93. The molecule has 31 heavy (non-hydrogen) atoms. The Morgan fingerprint density at radius 2 is 1.77 bits per heavy atom. The molecule has 1 N–H and O–H groups in total. The van der Waals surface area contributed by atoms with Gasteiger partial charge in [0.15, 0.2) is 16.8 Å². The lowest BCUT2D eigenvalue weighted by atomic mass is 10.2. The highest BCUT2D eigenvalue weighted by atomic mass is 35.5. The Balaban J connectivity index is 1.87. The van der Waals surface area contributed by atoms with E-state index in [0.717, 1.165) is 11.5 Å². The molecule has 0 aliphatic carbocycles. The second-order valence-electron chi connectivity index (χ2n) is 7.03. The standard InChI is InChI=1S/C20H21Cl3N6OS/c1-11(28(3)4)18-26-27-20(29(18)15-7-5-13(21)6-8-15)31-12(2)19(30)25-17-16(23)9-14(22)10-24-17/h5-12H,1-4H3,(H,24,25,30). The smallest absolute Gasteiger partial charge is 0.238 e. The van der Waals surface area contributed by atoms with Crippen LogP contribution < -0.4 is 5.32 Å². The van der Waals surface area contributed by atoms with Crippen LogP contribution in [-0.4, -0.2) is 49.9 Å². The van der Waals surface area contributed by atoms with E-state index in [1.165, 1.54) is 24.0 Å². The van der Waals surface area contributed by atoms with Crippen molar-refractivity contribution in [1.29, 1.82) is 0 Å². The molecule has 7 nitrogen and oxygen atoms in total. The molecule has 164 valence electrons. The van der Waals surface area contributed by atoms with E-state index < -0.39 is 5.25 Å². The Hall–Kier alpha value is -1.84. The van der Waals surface area contributed by atoms with Crippen molar-refractivity contribution in [2.45, 2.75) is 30.3 Å². The van der Waals surface area contributed by atoms with Crippen LogP contribution in [0.1, 0.15) is 25.7 Å². The lowest BCUT2D eigenvalue weighted by molar-refractivity contribution is -0.115. The Morgan fingerprint density at radius 1 is 1.10 bits per heavy atom. The number of halogens is 3. The minimum atomic E-state index is -0.494. The molecule has 0 saturated carbocycles. The van der Waals surface area contributed by atoms with E-state index in [4.69, 9.17) is 34.8 Å². The Morgan fingerprint density at radius 3 is 2.39 bits per heavy atom. The van der Waals surface area contributed by atoms with Crippen molar-refractivity contribution in [1.82, 2.24) is 24.6 Å². The van der Waals surface area contributed by atoms with Crippen molar-refractivity contribution in [2.24, 2.45) is 0 Å². The van der Waals surface area contributed by atoms with Crippen molar-refractivity contribution < 1.29 is 4.79 Å². The quantitative estimate of drug-likeness (QED) is 0.441. The monoisotopic (exact) mass is 498 g/mol. The number of aromatic nitrogens is 4. The van der Waals surface area contributed by atoms with Gasteiger partial charge in [-0.25, -0.2) is 4.98 Å². The average molecular weight is 500 g/mol. The van der Waals surface area contributed by atoms with Crippen LogP contribution in [0.2, 0.25) is 15.1 Å². The summed E-state index contributed by atoms with van der Waals surface area (Å²) in [6.45, 7) is 3.81. The summed E-state index contributed by atoms with van der Waals surface area (Å²) in [6, 6.07) is 8.92. The zero-order valence-corrected chi connectivity index (χ0v) is 20.4. The predicted molar refractivity (Wildman–Crippen MR) is 127 cm³/mol. The molecule has 3 aromatic rings. The third-order valence-electron chi connectivity index (χ3n) is 4.59. The van der Waals surface area contributed by atoms with Gasteiger partial charge in [-0.1, -0.05) is 46.6 Å². The molecule has 3 rings (SSSR count). The number of nitrogens with zero attached hydrogens (tertiary/aromatic N) is 5. The number of pyridine rings is 1. The molecule has 2 atom stereocenters. The van der Waals surface area contributed by atoms with Gasteiger partial charge in [-0.05, 0) is 58.3 Å². The van der Waals surface area contributed by atoms with Crippen LogP contribution >= 0.6 is 46.6 Å². The number of nitrogens with one attached hydrogen (secondary N) is 1. The largest absolute Gasteiger partial charge is 0.308 e. The third kappa shape index (κ3) is 5.70. The zero-order valence-electron chi connectivity index (χ0n) is 17.3. The van der Waals surface area contributed by atoms with Gasteiger partial charge in [0.1, 0.15) is 0 Å². The molecule has 0 spiro atoms. The average Bonchev–Trinajstić information content (AvgIpc) is 3.13. The molecule has 1 amide bonds. The first-order valence-electron chi connectivity index (χ1n) is 9.33. The van der Waals surface area contributed by atoms with Gasteiger partial charge >= 0.3 is 0 Å². The molecular weight excluding hydrogens is 479 g/mol. The molecule has 0 aliphatic heterocycles. The van der Waals surface area contributed by atoms with Crippen molar-refractivity contribution in [3.63, 3.8) is 0 Å². The fraction of sp³-hybridized carbons (Fsp3) is 0.300. The minimum absolute atomic E-state index is 0.00117. The number of rotatable bonds is 7. The molecule has 2 unspecified atom stereocenters. The first kappa shape index (κ1) is 23.8. The first-order chi connectivity index (χ1) is 14.7. The van der Waals surface area contributed by atoms with Crippen LogP contribution in [0.4, 0.5) is 5.82 Å². The van der Waals surface area contributed by atoms with Crippen LogP contribution in [-0.2, 0) is 4.79 Å². The van der Waals surface area contributed by atoms with E-state index in [1.54, 1.807) is 19.1 Å². The number of hydrogen-bond donors (Lipinski definition) is 1. The van der Waals surface area contributed by atoms with E-state index in [1.807, 2.05) is 42.6 Å². The fourth-order valence-corrected chi connectivity index (χ4v) is 4.06. The van der Waals surface area contributed by atoms with Crippen molar-refractivity contribution in [3.8, 4) is 5.69 Å². The summed E-state index contributed by atoms with van der Waals surface area (Å²) in [4.78, 5) is 18.9. The molecule has 0 fully saturated rings. The molecule has 11 heteroatoms. The molecular formula is C20H21Cl3N6OS. The van der Waals surface area contributed by atoms with Gasteiger partial charge in [0.2, 0.25) is 5.91 Å².